The first-order chi connectivity index (χ1) is 4.65. The fourth-order valence-corrected chi connectivity index (χ4v) is 2.13. The molecule has 1 fully saturated rings. The van der Waals surface area contributed by atoms with Gasteiger partial charge in [0.2, 0.25) is 8.03 Å². The minimum atomic E-state index is -2.73. The highest BCUT2D eigenvalue weighted by molar-refractivity contribution is 7.39. The van der Waals surface area contributed by atoms with Crippen LogP contribution in [0.15, 0.2) is 0 Å². The first kappa shape index (κ1) is 8.25. The third kappa shape index (κ3) is 1.60. The second kappa shape index (κ2) is 3.04. The van der Waals surface area contributed by atoms with E-state index in [1.807, 2.05) is 0 Å². The minimum absolute atomic E-state index is 0.501. The largest absolute Gasteiger partial charge is 0.380 e. The molecule has 1 saturated carbocycles. The lowest BCUT2D eigenvalue weighted by molar-refractivity contribution is 0.0756. The molecule has 0 aliphatic heterocycles. The number of hydrogen-bond donors (Lipinski definition) is 2. The van der Waals surface area contributed by atoms with E-state index < -0.39 is 13.4 Å². The highest BCUT2D eigenvalue weighted by Gasteiger charge is 2.34. The van der Waals surface area contributed by atoms with E-state index in [0.29, 0.717) is 12.8 Å². The third-order valence-electron chi connectivity index (χ3n) is 2.08. The van der Waals surface area contributed by atoms with Gasteiger partial charge in [-0.1, -0.05) is 19.3 Å². The second-order valence-corrected chi connectivity index (χ2v) is 4.44. The Balaban J connectivity index is 2.56. The van der Waals surface area contributed by atoms with E-state index in [-0.39, 0.29) is 0 Å². The summed E-state index contributed by atoms with van der Waals surface area (Å²) in [6.07, 6.45) is 3.85. The van der Waals surface area contributed by atoms with Crippen LogP contribution < -0.4 is 0 Å². The molecule has 1 aliphatic carbocycles. The molecule has 4 heteroatoms. The van der Waals surface area contributed by atoms with Crippen LogP contribution in [-0.2, 0) is 4.57 Å². The summed E-state index contributed by atoms with van der Waals surface area (Å²) < 4.78 is 10.6. The van der Waals surface area contributed by atoms with Crippen molar-refractivity contribution in [3.8, 4) is 0 Å². The molecule has 0 aromatic heterocycles. The zero-order valence-corrected chi connectivity index (χ0v) is 6.84. The van der Waals surface area contributed by atoms with E-state index in [9.17, 15) is 9.67 Å². The summed E-state index contributed by atoms with van der Waals surface area (Å²) in [5, 5.41) is 8.21. The quantitative estimate of drug-likeness (QED) is 0.570. The SMILES string of the molecule is O=[PH](O)C1(O)CCCCC1. The molecule has 0 spiro atoms. The maximum absolute atomic E-state index is 10.6. The predicted molar refractivity (Wildman–Crippen MR) is 39.3 cm³/mol. The molecule has 0 aromatic carbocycles. The molecule has 0 aromatic rings. The lowest BCUT2D eigenvalue weighted by Gasteiger charge is -2.28. The lowest BCUT2D eigenvalue weighted by Crippen LogP contribution is -2.26. The monoisotopic (exact) mass is 164 g/mol. The summed E-state index contributed by atoms with van der Waals surface area (Å²) in [5.74, 6) is 0. The Kier molecular flexibility index (Phi) is 2.50. The van der Waals surface area contributed by atoms with E-state index in [4.69, 9.17) is 4.89 Å². The third-order valence-corrected chi connectivity index (χ3v) is 3.37. The van der Waals surface area contributed by atoms with Gasteiger partial charge in [0.25, 0.3) is 0 Å². The van der Waals surface area contributed by atoms with Crippen LogP contribution in [0.2, 0.25) is 0 Å². The van der Waals surface area contributed by atoms with E-state index in [1.165, 1.54) is 0 Å². The summed E-state index contributed by atoms with van der Waals surface area (Å²) in [6, 6.07) is 0. The van der Waals surface area contributed by atoms with Crippen LogP contribution in [0, 0.1) is 0 Å². The molecule has 0 bridgehead atoms. The van der Waals surface area contributed by atoms with E-state index in [0.717, 1.165) is 19.3 Å². The summed E-state index contributed by atoms with van der Waals surface area (Å²) in [6.45, 7) is 0. The van der Waals surface area contributed by atoms with E-state index >= 15 is 0 Å². The Morgan fingerprint density at radius 3 is 2.00 bits per heavy atom. The summed E-state index contributed by atoms with van der Waals surface area (Å²) in [5.41, 5.74) is 0. The molecule has 1 atom stereocenters. The highest BCUT2D eigenvalue weighted by atomic mass is 31.1. The van der Waals surface area contributed by atoms with Gasteiger partial charge in [0.1, 0.15) is 5.34 Å². The Hall–Kier alpha value is 0.150. The molecule has 1 aliphatic rings. The predicted octanol–water partition coefficient (Wildman–Crippen LogP) is 1.11. The summed E-state index contributed by atoms with van der Waals surface area (Å²) in [4.78, 5) is 8.73. The van der Waals surface area contributed by atoms with Gasteiger partial charge in [-0.05, 0) is 12.8 Å². The van der Waals surface area contributed by atoms with Crippen LogP contribution in [0.4, 0.5) is 0 Å². The van der Waals surface area contributed by atoms with Gasteiger partial charge in [0.05, 0.1) is 0 Å². The molecule has 1 rings (SSSR count). The smallest absolute Gasteiger partial charge is 0.219 e. The number of aliphatic hydroxyl groups is 1. The van der Waals surface area contributed by atoms with E-state index in [1.54, 1.807) is 0 Å². The first-order valence-corrected chi connectivity index (χ1v) is 4.96. The van der Waals surface area contributed by atoms with Crippen molar-refractivity contribution in [2.75, 3.05) is 0 Å². The molecular weight excluding hydrogens is 151 g/mol. The molecule has 0 amide bonds. The maximum Gasteiger partial charge on any atom is 0.219 e. The van der Waals surface area contributed by atoms with Crippen molar-refractivity contribution in [2.45, 2.75) is 37.4 Å². The number of hydrogen-bond acceptors (Lipinski definition) is 2. The van der Waals surface area contributed by atoms with Crippen LogP contribution in [-0.4, -0.2) is 15.3 Å². The van der Waals surface area contributed by atoms with E-state index in [2.05, 4.69) is 0 Å². The first-order valence-electron chi connectivity index (χ1n) is 3.61. The van der Waals surface area contributed by atoms with Crippen molar-refractivity contribution in [1.29, 1.82) is 0 Å². The van der Waals surface area contributed by atoms with Crippen molar-refractivity contribution < 1.29 is 14.6 Å². The van der Waals surface area contributed by atoms with Crippen molar-refractivity contribution >= 4 is 8.03 Å². The molecule has 3 nitrogen and oxygen atoms in total. The molecule has 0 radical (unpaired) electrons. The van der Waals surface area contributed by atoms with Gasteiger partial charge in [0.15, 0.2) is 0 Å². The van der Waals surface area contributed by atoms with Crippen molar-refractivity contribution in [3.05, 3.63) is 0 Å². The van der Waals surface area contributed by atoms with Crippen LogP contribution >= 0.6 is 8.03 Å². The van der Waals surface area contributed by atoms with Gasteiger partial charge in [-0.3, -0.25) is 4.57 Å². The zero-order chi connectivity index (χ0) is 7.61. The Bertz CT molecular complexity index is 140. The fraction of sp³-hybridized carbons (Fsp3) is 1.00. The molecule has 10 heavy (non-hydrogen) atoms. The van der Waals surface area contributed by atoms with Crippen LogP contribution in [0.1, 0.15) is 32.1 Å². The van der Waals surface area contributed by atoms with Gasteiger partial charge in [-0.2, -0.15) is 0 Å². The Labute approximate surface area is 60.9 Å². The maximum atomic E-state index is 10.6. The van der Waals surface area contributed by atoms with Crippen LogP contribution in [0.25, 0.3) is 0 Å². The Morgan fingerprint density at radius 2 is 1.70 bits per heavy atom. The zero-order valence-electron chi connectivity index (χ0n) is 5.84. The standard InChI is InChI=1S/C6H13O3P/c7-6(10(8)9)4-2-1-3-5-6/h7,10H,1-5H2,(H,8,9). The molecule has 0 saturated heterocycles. The Morgan fingerprint density at radius 1 is 1.20 bits per heavy atom. The topological polar surface area (TPSA) is 57.5 Å². The van der Waals surface area contributed by atoms with Crippen molar-refractivity contribution in [1.82, 2.24) is 0 Å². The molecular formula is C6H13O3P. The summed E-state index contributed by atoms with van der Waals surface area (Å²) in [7, 11) is -2.73. The molecule has 1 unspecified atom stereocenters. The van der Waals surface area contributed by atoms with Gasteiger partial charge in [0, 0.05) is 0 Å². The van der Waals surface area contributed by atoms with Gasteiger partial charge >= 0.3 is 0 Å². The molecule has 0 heterocycles. The minimum Gasteiger partial charge on any atom is -0.380 e. The van der Waals surface area contributed by atoms with Gasteiger partial charge < -0.3 is 10.00 Å². The fourth-order valence-electron chi connectivity index (χ4n) is 1.35. The highest BCUT2D eigenvalue weighted by Crippen LogP contribution is 2.43. The second-order valence-electron chi connectivity index (χ2n) is 2.90. The van der Waals surface area contributed by atoms with Crippen LogP contribution in [0.5, 0.6) is 0 Å². The molecule has 60 valence electrons. The lowest BCUT2D eigenvalue weighted by atomic mass is 9.97. The van der Waals surface area contributed by atoms with Crippen molar-refractivity contribution in [3.63, 3.8) is 0 Å². The average molecular weight is 164 g/mol. The van der Waals surface area contributed by atoms with Crippen molar-refractivity contribution in [2.24, 2.45) is 0 Å². The van der Waals surface area contributed by atoms with Gasteiger partial charge in [-0.15, -0.1) is 0 Å². The molecule has 2 N–H and O–H groups in total. The van der Waals surface area contributed by atoms with Crippen LogP contribution in [0.3, 0.4) is 0 Å². The normalized spacial score (nSPS) is 27.8. The average Bonchev–Trinajstić information content (AvgIpc) is 1.89. The number of rotatable bonds is 1. The summed E-state index contributed by atoms with van der Waals surface area (Å²) >= 11 is 0. The van der Waals surface area contributed by atoms with Gasteiger partial charge in [-0.25, -0.2) is 0 Å².